The molecule has 2 aromatic carbocycles. The van der Waals surface area contributed by atoms with Gasteiger partial charge in [-0.15, -0.1) is 0 Å². The number of nitrogens with zero attached hydrogens (tertiary/aromatic N) is 1. The number of ether oxygens (including phenoxy) is 1. The summed E-state index contributed by atoms with van der Waals surface area (Å²) in [5, 5.41) is 0. The molecule has 0 fully saturated rings. The van der Waals surface area contributed by atoms with Crippen LogP contribution in [0.1, 0.15) is 49.2 Å². The summed E-state index contributed by atoms with van der Waals surface area (Å²) in [7, 11) is 0. The summed E-state index contributed by atoms with van der Waals surface area (Å²) >= 11 is 0. The van der Waals surface area contributed by atoms with Crippen molar-refractivity contribution in [2.45, 2.75) is 27.7 Å². The third kappa shape index (κ3) is 3.71. The third-order valence-corrected chi connectivity index (χ3v) is 4.15. The fourth-order valence-corrected chi connectivity index (χ4v) is 2.81. The first-order valence-electron chi connectivity index (χ1n) is 8.49. The van der Waals surface area contributed by atoms with Crippen molar-refractivity contribution in [2.75, 3.05) is 6.54 Å². The number of carbonyl (C=O) groups is 1. The summed E-state index contributed by atoms with van der Waals surface area (Å²) < 4.78 is 6.14. The van der Waals surface area contributed by atoms with E-state index in [2.05, 4.69) is 37.9 Å². The Morgan fingerprint density at radius 1 is 0.920 bits per heavy atom. The van der Waals surface area contributed by atoms with Crippen LogP contribution in [-0.4, -0.2) is 18.2 Å². The van der Waals surface area contributed by atoms with Crippen molar-refractivity contribution in [1.29, 1.82) is 0 Å². The van der Waals surface area contributed by atoms with Gasteiger partial charge in [-0.3, -0.25) is 4.79 Å². The van der Waals surface area contributed by atoms with Gasteiger partial charge in [-0.05, 0) is 18.1 Å². The third-order valence-electron chi connectivity index (χ3n) is 4.15. The van der Waals surface area contributed by atoms with E-state index in [0.29, 0.717) is 12.1 Å². The molecule has 0 aliphatic carbocycles. The van der Waals surface area contributed by atoms with E-state index in [4.69, 9.17) is 4.74 Å². The minimum Gasteiger partial charge on any atom is -0.444 e. The van der Waals surface area contributed by atoms with Gasteiger partial charge in [0, 0.05) is 16.6 Å². The Labute approximate surface area is 149 Å². The van der Waals surface area contributed by atoms with E-state index in [1.807, 2.05) is 42.5 Å². The number of aliphatic imine (C=N–C) groups is 1. The van der Waals surface area contributed by atoms with Crippen LogP contribution in [0, 0.1) is 5.41 Å². The molecular weight excluding hydrogens is 310 g/mol. The summed E-state index contributed by atoms with van der Waals surface area (Å²) in [5.41, 5.74) is 3.72. The molecule has 1 aliphatic heterocycles. The zero-order valence-electron chi connectivity index (χ0n) is 15.2. The number of hydrogen-bond donors (Lipinski definition) is 0. The fraction of sp³-hybridized carbons (Fsp3) is 0.273. The van der Waals surface area contributed by atoms with Gasteiger partial charge in [0.05, 0.1) is 0 Å². The summed E-state index contributed by atoms with van der Waals surface area (Å²) in [6.07, 6.45) is 0. The van der Waals surface area contributed by atoms with Crippen LogP contribution in [-0.2, 0) is 4.74 Å². The molecule has 3 heteroatoms. The fourth-order valence-electron chi connectivity index (χ4n) is 2.81. The first kappa shape index (κ1) is 17.2. The predicted octanol–water partition coefficient (Wildman–Crippen LogP) is 5.12. The predicted molar refractivity (Wildman–Crippen MR) is 102 cm³/mol. The lowest BCUT2D eigenvalue weighted by Crippen LogP contribution is -2.20. The van der Waals surface area contributed by atoms with Crippen LogP contribution in [0.5, 0.6) is 0 Å². The molecule has 0 amide bonds. The molecule has 0 unspecified atom stereocenters. The average Bonchev–Trinajstić information content (AvgIpc) is 3.06. The molecule has 0 N–H and O–H groups in total. The maximum atomic E-state index is 11.6. The highest BCUT2D eigenvalue weighted by atomic mass is 16.5. The molecule has 0 aromatic heterocycles. The van der Waals surface area contributed by atoms with Crippen LogP contribution in [0.15, 0.2) is 65.3 Å². The van der Waals surface area contributed by atoms with Gasteiger partial charge in [-0.25, -0.2) is 4.99 Å². The Kier molecular flexibility index (Phi) is 4.58. The quantitative estimate of drug-likeness (QED) is 0.731. The van der Waals surface area contributed by atoms with E-state index in [0.717, 1.165) is 28.4 Å². The summed E-state index contributed by atoms with van der Waals surface area (Å²) in [6.45, 7) is 8.40. The summed E-state index contributed by atoms with van der Waals surface area (Å²) in [6, 6.07) is 17.8. The molecule has 0 saturated heterocycles. The number of benzene rings is 2. The van der Waals surface area contributed by atoms with Crippen molar-refractivity contribution in [1.82, 2.24) is 0 Å². The van der Waals surface area contributed by atoms with Crippen LogP contribution in [0.25, 0.3) is 5.57 Å². The molecule has 3 nitrogen and oxygen atoms in total. The van der Waals surface area contributed by atoms with E-state index in [1.165, 1.54) is 0 Å². The van der Waals surface area contributed by atoms with Crippen molar-refractivity contribution in [3.63, 3.8) is 0 Å². The normalized spacial score (nSPS) is 16.2. The maximum absolute atomic E-state index is 11.6. The monoisotopic (exact) mass is 333 g/mol. The molecule has 1 heterocycles. The van der Waals surface area contributed by atoms with Crippen LogP contribution in [0.4, 0.5) is 0 Å². The Balaban J connectivity index is 2.06. The average molecular weight is 333 g/mol. The molecule has 0 atom stereocenters. The van der Waals surface area contributed by atoms with Crippen LogP contribution in [0.2, 0.25) is 0 Å². The van der Waals surface area contributed by atoms with Gasteiger partial charge in [-0.2, -0.15) is 0 Å². The molecular formula is C22H23NO2. The van der Waals surface area contributed by atoms with Crippen LogP contribution < -0.4 is 0 Å². The molecule has 0 saturated carbocycles. The van der Waals surface area contributed by atoms with E-state index < -0.39 is 0 Å². The number of hydrogen-bond acceptors (Lipinski definition) is 3. The minimum atomic E-state index is -0.123. The summed E-state index contributed by atoms with van der Waals surface area (Å²) in [4.78, 5) is 16.1. The molecule has 0 radical (unpaired) electrons. The van der Waals surface area contributed by atoms with Crippen molar-refractivity contribution in [3.8, 4) is 0 Å². The Morgan fingerprint density at radius 3 is 2.00 bits per heavy atom. The molecule has 2 aromatic rings. The Morgan fingerprint density at radius 2 is 1.48 bits per heavy atom. The van der Waals surface area contributed by atoms with Crippen LogP contribution in [0.3, 0.4) is 0 Å². The SMILES string of the molecule is CC(=O)c1ccc(/C(=C2\CN=C(C(C)(C)C)O2)c2ccccc2)cc1. The highest BCUT2D eigenvalue weighted by Crippen LogP contribution is 2.33. The van der Waals surface area contributed by atoms with E-state index in [-0.39, 0.29) is 11.2 Å². The van der Waals surface area contributed by atoms with Gasteiger partial charge >= 0.3 is 0 Å². The van der Waals surface area contributed by atoms with E-state index in [1.54, 1.807) is 6.92 Å². The van der Waals surface area contributed by atoms with Gasteiger partial charge in [-0.1, -0.05) is 75.4 Å². The van der Waals surface area contributed by atoms with Crippen molar-refractivity contribution < 1.29 is 9.53 Å². The molecule has 0 spiro atoms. The van der Waals surface area contributed by atoms with Crippen molar-refractivity contribution in [3.05, 3.63) is 77.0 Å². The lowest BCUT2D eigenvalue weighted by Gasteiger charge is -2.19. The molecule has 3 rings (SSSR count). The Bertz CT molecular complexity index is 838. The number of carbonyl (C=O) groups excluding carboxylic acids is 1. The van der Waals surface area contributed by atoms with Crippen molar-refractivity contribution >= 4 is 17.3 Å². The largest absolute Gasteiger partial charge is 0.444 e. The standard InChI is InChI=1S/C22H23NO2/c1-15(24)16-10-12-18(13-11-16)20(17-8-6-5-7-9-17)19-14-23-21(25-19)22(2,3)4/h5-13H,14H2,1-4H3/b20-19+. The second kappa shape index (κ2) is 6.67. The summed E-state index contributed by atoms with van der Waals surface area (Å²) in [5.74, 6) is 1.68. The topological polar surface area (TPSA) is 38.7 Å². The zero-order chi connectivity index (χ0) is 18.0. The van der Waals surface area contributed by atoms with Gasteiger partial charge in [0.15, 0.2) is 11.7 Å². The van der Waals surface area contributed by atoms with Crippen LogP contribution >= 0.6 is 0 Å². The highest BCUT2D eigenvalue weighted by molar-refractivity contribution is 5.95. The van der Waals surface area contributed by atoms with Gasteiger partial charge in [0.1, 0.15) is 12.3 Å². The van der Waals surface area contributed by atoms with Gasteiger partial charge in [0.2, 0.25) is 0 Å². The highest BCUT2D eigenvalue weighted by Gasteiger charge is 2.28. The second-order valence-electron chi connectivity index (χ2n) is 7.27. The Hall–Kier alpha value is -2.68. The van der Waals surface area contributed by atoms with Crippen molar-refractivity contribution in [2.24, 2.45) is 10.4 Å². The smallest absolute Gasteiger partial charge is 0.195 e. The lowest BCUT2D eigenvalue weighted by atomic mass is 9.95. The van der Waals surface area contributed by atoms with E-state index >= 15 is 0 Å². The molecule has 0 bridgehead atoms. The number of Topliss-reactive ketones (excluding diaryl/α,β-unsaturated/α-hetero) is 1. The first-order valence-corrected chi connectivity index (χ1v) is 8.49. The molecule has 1 aliphatic rings. The molecule has 25 heavy (non-hydrogen) atoms. The second-order valence-corrected chi connectivity index (χ2v) is 7.27. The zero-order valence-corrected chi connectivity index (χ0v) is 15.2. The van der Waals surface area contributed by atoms with E-state index in [9.17, 15) is 4.79 Å². The minimum absolute atomic E-state index is 0.0657. The number of ketones is 1. The number of rotatable bonds is 3. The van der Waals surface area contributed by atoms with Gasteiger partial charge in [0.25, 0.3) is 0 Å². The maximum Gasteiger partial charge on any atom is 0.195 e. The molecule has 128 valence electrons. The first-order chi connectivity index (χ1) is 11.9. The lowest BCUT2D eigenvalue weighted by molar-refractivity contribution is 0.101. The van der Waals surface area contributed by atoms with Gasteiger partial charge < -0.3 is 4.74 Å².